The summed E-state index contributed by atoms with van der Waals surface area (Å²) in [6.07, 6.45) is 1.91. The lowest BCUT2D eigenvalue weighted by Crippen LogP contribution is -2.51. The van der Waals surface area contributed by atoms with Crippen molar-refractivity contribution in [2.24, 2.45) is 5.41 Å². The molecule has 1 amide bonds. The molecule has 0 saturated carbocycles. The number of carbonyl (C=O) groups is 1. The highest BCUT2D eigenvalue weighted by atomic mass is 35.5. The van der Waals surface area contributed by atoms with Crippen LogP contribution in [-0.4, -0.2) is 41.7 Å². The molecule has 2 unspecified atom stereocenters. The molecule has 1 aromatic carbocycles. The lowest BCUT2D eigenvalue weighted by atomic mass is 9.82. The highest BCUT2D eigenvalue weighted by Crippen LogP contribution is 2.30. The first-order valence-electron chi connectivity index (χ1n) is 7.45. The Labute approximate surface area is 135 Å². The van der Waals surface area contributed by atoms with Crippen LogP contribution in [0.4, 0.5) is 10.1 Å². The number of anilines is 1. The van der Waals surface area contributed by atoms with Crippen LogP contribution >= 0.6 is 11.6 Å². The zero-order valence-corrected chi connectivity index (χ0v) is 13.7. The van der Waals surface area contributed by atoms with Crippen LogP contribution in [0.25, 0.3) is 0 Å². The van der Waals surface area contributed by atoms with E-state index in [9.17, 15) is 14.3 Å². The summed E-state index contributed by atoms with van der Waals surface area (Å²) in [5, 5.41) is 12.4. The van der Waals surface area contributed by atoms with Crippen LogP contribution in [-0.2, 0) is 4.79 Å². The number of benzene rings is 1. The maximum atomic E-state index is 13.0. The topological polar surface area (TPSA) is 52.6 Å². The average molecular weight is 329 g/mol. The lowest BCUT2D eigenvalue weighted by molar-refractivity contribution is -0.122. The molecule has 1 aromatic rings. The molecule has 1 aliphatic rings. The summed E-state index contributed by atoms with van der Waals surface area (Å²) in [5.41, 5.74) is 0.238. The second-order valence-corrected chi connectivity index (χ2v) is 6.74. The van der Waals surface area contributed by atoms with E-state index in [1.165, 1.54) is 18.2 Å². The SMILES string of the molecule is CC(C(=O)Nc1ccc(F)cc1Cl)N1CCCC(C)(CO)C1. The number of halogens is 2. The summed E-state index contributed by atoms with van der Waals surface area (Å²) in [6, 6.07) is 3.55. The summed E-state index contributed by atoms with van der Waals surface area (Å²) in [5.74, 6) is -0.624. The van der Waals surface area contributed by atoms with E-state index in [1.807, 2.05) is 13.8 Å². The van der Waals surface area contributed by atoms with Gasteiger partial charge in [-0.05, 0) is 44.5 Å². The van der Waals surface area contributed by atoms with Gasteiger partial charge in [0.25, 0.3) is 0 Å². The van der Waals surface area contributed by atoms with Crippen molar-refractivity contribution in [3.05, 3.63) is 29.0 Å². The van der Waals surface area contributed by atoms with Gasteiger partial charge in [0, 0.05) is 18.6 Å². The Morgan fingerprint density at radius 1 is 1.59 bits per heavy atom. The number of carbonyl (C=O) groups excluding carboxylic acids is 1. The van der Waals surface area contributed by atoms with Crippen LogP contribution in [0.5, 0.6) is 0 Å². The molecule has 122 valence electrons. The summed E-state index contributed by atoms with van der Waals surface area (Å²) in [6.45, 7) is 5.47. The zero-order chi connectivity index (χ0) is 16.3. The van der Waals surface area contributed by atoms with Gasteiger partial charge in [0.05, 0.1) is 16.8 Å². The second-order valence-electron chi connectivity index (χ2n) is 6.33. The molecular weight excluding hydrogens is 307 g/mol. The number of nitrogens with zero attached hydrogens (tertiary/aromatic N) is 1. The quantitative estimate of drug-likeness (QED) is 0.893. The molecule has 1 fully saturated rings. The Kier molecular flexibility index (Phi) is 5.42. The minimum atomic E-state index is -0.439. The van der Waals surface area contributed by atoms with Gasteiger partial charge in [-0.1, -0.05) is 18.5 Å². The van der Waals surface area contributed by atoms with E-state index in [0.717, 1.165) is 19.4 Å². The number of rotatable bonds is 4. The van der Waals surface area contributed by atoms with E-state index in [0.29, 0.717) is 12.2 Å². The zero-order valence-electron chi connectivity index (χ0n) is 12.9. The summed E-state index contributed by atoms with van der Waals surface area (Å²) in [4.78, 5) is 14.4. The molecule has 2 rings (SSSR count). The van der Waals surface area contributed by atoms with Gasteiger partial charge >= 0.3 is 0 Å². The minimum Gasteiger partial charge on any atom is -0.396 e. The van der Waals surface area contributed by atoms with Crippen LogP contribution in [0.1, 0.15) is 26.7 Å². The summed E-state index contributed by atoms with van der Waals surface area (Å²) >= 11 is 5.93. The number of nitrogens with one attached hydrogen (secondary N) is 1. The highest BCUT2D eigenvalue weighted by molar-refractivity contribution is 6.33. The molecule has 2 N–H and O–H groups in total. The molecule has 1 saturated heterocycles. The van der Waals surface area contributed by atoms with Crippen molar-refractivity contribution in [3.8, 4) is 0 Å². The molecule has 2 atom stereocenters. The largest absolute Gasteiger partial charge is 0.396 e. The van der Waals surface area contributed by atoms with Gasteiger partial charge in [-0.15, -0.1) is 0 Å². The number of aliphatic hydroxyl groups is 1. The van der Waals surface area contributed by atoms with Gasteiger partial charge in [-0.3, -0.25) is 9.69 Å². The van der Waals surface area contributed by atoms with E-state index < -0.39 is 5.82 Å². The highest BCUT2D eigenvalue weighted by Gasteiger charge is 2.34. The fraction of sp³-hybridized carbons (Fsp3) is 0.562. The minimum absolute atomic E-state index is 0.113. The number of aliphatic hydroxyl groups excluding tert-OH is 1. The van der Waals surface area contributed by atoms with Crippen LogP contribution < -0.4 is 5.32 Å². The summed E-state index contributed by atoms with van der Waals surface area (Å²) < 4.78 is 13.0. The normalized spacial score (nSPS) is 24.0. The van der Waals surface area contributed by atoms with Gasteiger partial charge in [-0.2, -0.15) is 0 Å². The average Bonchev–Trinajstić information content (AvgIpc) is 2.49. The van der Waals surface area contributed by atoms with Crippen molar-refractivity contribution < 1.29 is 14.3 Å². The predicted octanol–water partition coefficient (Wildman–Crippen LogP) is 2.90. The molecular formula is C16H22ClFN2O2. The molecule has 0 aromatic heterocycles. The van der Waals surface area contributed by atoms with Crippen LogP contribution in [0.2, 0.25) is 5.02 Å². The van der Waals surface area contributed by atoms with E-state index in [-0.39, 0.29) is 29.0 Å². The lowest BCUT2D eigenvalue weighted by Gasteiger charge is -2.41. The van der Waals surface area contributed by atoms with Crippen LogP contribution in [0, 0.1) is 11.2 Å². The Hall–Kier alpha value is -1.17. The van der Waals surface area contributed by atoms with Crippen molar-refractivity contribution in [2.45, 2.75) is 32.7 Å². The molecule has 0 spiro atoms. The maximum Gasteiger partial charge on any atom is 0.241 e. The monoisotopic (exact) mass is 328 g/mol. The molecule has 22 heavy (non-hydrogen) atoms. The van der Waals surface area contributed by atoms with Crippen molar-refractivity contribution in [2.75, 3.05) is 25.0 Å². The fourth-order valence-corrected chi connectivity index (χ4v) is 3.03. The molecule has 0 aliphatic carbocycles. The summed E-state index contributed by atoms with van der Waals surface area (Å²) in [7, 11) is 0. The van der Waals surface area contributed by atoms with Crippen molar-refractivity contribution >= 4 is 23.2 Å². The van der Waals surface area contributed by atoms with E-state index in [1.54, 1.807) is 0 Å². The predicted molar refractivity (Wildman–Crippen MR) is 85.5 cm³/mol. The Balaban J connectivity index is 2.02. The molecule has 1 heterocycles. The Bertz CT molecular complexity index is 555. The van der Waals surface area contributed by atoms with Crippen LogP contribution in [0.15, 0.2) is 18.2 Å². The van der Waals surface area contributed by atoms with Crippen molar-refractivity contribution in [1.29, 1.82) is 0 Å². The molecule has 6 heteroatoms. The third-order valence-electron chi connectivity index (χ3n) is 4.31. The first kappa shape index (κ1) is 17.2. The van der Waals surface area contributed by atoms with Gasteiger partial charge < -0.3 is 10.4 Å². The second kappa shape index (κ2) is 6.94. The number of likely N-dealkylation sites (tertiary alicyclic amines) is 1. The van der Waals surface area contributed by atoms with Crippen molar-refractivity contribution in [3.63, 3.8) is 0 Å². The van der Waals surface area contributed by atoms with Gasteiger partial charge in [0.1, 0.15) is 5.82 Å². The molecule has 0 radical (unpaired) electrons. The number of hydrogen-bond acceptors (Lipinski definition) is 3. The third-order valence-corrected chi connectivity index (χ3v) is 4.62. The smallest absolute Gasteiger partial charge is 0.241 e. The van der Waals surface area contributed by atoms with Gasteiger partial charge in [0.15, 0.2) is 0 Å². The first-order valence-corrected chi connectivity index (χ1v) is 7.83. The van der Waals surface area contributed by atoms with Crippen molar-refractivity contribution in [1.82, 2.24) is 4.90 Å². The van der Waals surface area contributed by atoms with E-state index in [2.05, 4.69) is 10.2 Å². The van der Waals surface area contributed by atoms with E-state index >= 15 is 0 Å². The number of piperidine rings is 1. The number of amides is 1. The van der Waals surface area contributed by atoms with Crippen LogP contribution in [0.3, 0.4) is 0 Å². The standard InChI is InChI=1S/C16H22ClFN2O2/c1-11(20-7-3-6-16(2,9-20)10-21)15(22)19-14-5-4-12(18)8-13(14)17/h4-5,8,11,21H,3,6-7,9-10H2,1-2H3,(H,19,22). The molecule has 4 nitrogen and oxygen atoms in total. The maximum absolute atomic E-state index is 13.0. The Morgan fingerprint density at radius 2 is 2.32 bits per heavy atom. The Morgan fingerprint density at radius 3 is 2.95 bits per heavy atom. The number of hydrogen-bond donors (Lipinski definition) is 2. The third kappa shape index (κ3) is 3.97. The molecule has 0 bridgehead atoms. The fourth-order valence-electron chi connectivity index (χ4n) is 2.81. The van der Waals surface area contributed by atoms with Gasteiger partial charge in [0.2, 0.25) is 5.91 Å². The van der Waals surface area contributed by atoms with Gasteiger partial charge in [-0.25, -0.2) is 4.39 Å². The van der Waals surface area contributed by atoms with E-state index in [4.69, 9.17) is 11.6 Å². The molecule has 1 aliphatic heterocycles. The first-order chi connectivity index (χ1) is 10.3.